The van der Waals surface area contributed by atoms with Gasteiger partial charge in [0.15, 0.2) is 0 Å². The van der Waals surface area contributed by atoms with Gasteiger partial charge in [0.05, 0.1) is 12.7 Å². The first-order chi connectivity index (χ1) is 15.7. The van der Waals surface area contributed by atoms with Gasteiger partial charge in [-0.25, -0.2) is 0 Å². The number of methoxy groups -OCH3 is 1. The van der Waals surface area contributed by atoms with Gasteiger partial charge in [-0.1, -0.05) is 31.2 Å². The van der Waals surface area contributed by atoms with Crippen molar-refractivity contribution in [2.45, 2.75) is 64.0 Å². The molecule has 5 heteroatoms. The fourth-order valence-electron chi connectivity index (χ4n) is 5.01. The lowest BCUT2D eigenvalue weighted by Gasteiger charge is -2.46. The predicted octanol–water partition coefficient (Wildman–Crippen LogP) is 5.42. The summed E-state index contributed by atoms with van der Waals surface area (Å²) in [6, 6.07) is 16.9. The second kappa shape index (κ2) is 10.6. The molecule has 0 aliphatic carbocycles. The third kappa shape index (κ3) is 6.29. The Morgan fingerprint density at radius 2 is 1.73 bits per heavy atom. The summed E-state index contributed by atoms with van der Waals surface area (Å²) < 4.78 is 11.5. The molecule has 33 heavy (non-hydrogen) atoms. The van der Waals surface area contributed by atoms with Crippen molar-refractivity contribution in [1.29, 1.82) is 0 Å². The zero-order valence-electron chi connectivity index (χ0n) is 21.2. The standard InChI is InChI=1S/C28H40N2O3/c1-7-26(31)30(20-22-8-12-24(13-9-22)29(4)5)18-16-28(17-19-33-27(2,3)21-28)23-10-14-25(32-6)15-11-23/h8-15H,7,16-21H2,1-6H3. The molecule has 1 aliphatic rings. The van der Waals surface area contributed by atoms with Gasteiger partial charge in [-0.3, -0.25) is 4.79 Å². The van der Waals surface area contributed by atoms with Crippen molar-refractivity contribution in [2.75, 3.05) is 39.3 Å². The van der Waals surface area contributed by atoms with Crippen molar-refractivity contribution >= 4 is 11.6 Å². The summed E-state index contributed by atoms with van der Waals surface area (Å²) in [7, 11) is 5.77. The van der Waals surface area contributed by atoms with E-state index in [1.165, 1.54) is 5.56 Å². The van der Waals surface area contributed by atoms with Crippen LogP contribution in [0.15, 0.2) is 48.5 Å². The maximum Gasteiger partial charge on any atom is 0.222 e. The molecule has 2 aromatic carbocycles. The van der Waals surface area contributed by atoms with Crippen molar-refractivity contribution < 1.29 is 14.3 Å². The van der Waals surface area contributed by atoms with Crippen LogP contribution in [0.3, 0.4) is 0 Å². The Labute approximate surface area is 199 Å². The molecular weight excluding hydrogens is 412 g/mol. The minimum atomic E-state index is -0.195. The molecule has 3 rings (SSSR count). The normalized spacial score (nSPS) is 19.7. The van der Waals surface area contributed by atoms with Gasteiger partial charge in [0.25, 0.3) is 0 Å². The molecule has 0 spiro atoms. The molecule has 2 aromatic rings. The molecule has 0 radical (unpaired) electrons. The number of benzene rings is 2. The number of ether oxygens (including phenoxy) is 2. The molecule has 1 amide bonds. The Bertz CT molecular complexity index is 906. The van der Waals surface area contributed by atoms with Crippen molar-refractivity contribution in [2.24, 2.45) is 0 Å². The number of hydrogen-bond acceptors (Lipinski definition) is 4. The van der Waals surface area contributed by atoms with Gasteiger partial charge in [-0.05, 0) is 68.5 Å². The van der Waals surface area contributed by atoms with Crippen molar-refractivity contribution in [3.63, 3.8) is 0 Å². The van der Waals surface area contributed by atoms with Crippen LogP contribution in [0.1, 0.15) is 57.6 Å². The number of hydrogen-bond donors (Lipinski definition) is 0. The summed E-state index contributed by atoms with van der Waals surface area (Å²) in [6.07, 6.45) is 3.31. The summed E-state index contributed by atoms with van der Waals surface area (Å²) in [5.41, 5.74) is 3.40. The number of anilines is 1. The maximum absolute atomic E-state index is 12.9. The zero-order chi connectivity index (χ0) is 24.1. The Morgan fingerprint density at radius 3 is 2.27 bits per heavy atom. The van der Waals surface area contributed by atoms with Gasteiger partial charge in [0.1, 0.15) is 5.75 Å². The molecule has 5 nitrogen and oxygen atoms in total. The van der Waals surface area contributed by atoms with Crippen LogP contribution < -0.4 is 9.64 Å². The molecule has 1 unspecified atom stereocenters. The van der Waals surface area contributed by atoms with Crippen LogP contribution >= 0.6 is 0 Å². The fraction of sp³-hybridized carbons (Fsp3) is 0.536. The molecule has 0 aromatic heterocycles. The summed E-state index contributed by atoms with van der Waals surface area (Å²) in [6.45, 7) is 8.38. The lowest BCUT2D eigenvalue weighted by Crippen LogP contribution is -2.46. The summed E-state index contributed by atoms with van der Waals surface area (Å²) in [5, 5.41) is 0. The fourth-order valence-corrected chi connectivity index (χ4v) is 5.01. The largest absolute Gasteiger partial charge is 0.497 e. The minimum absolute atomic E-state index is 0.0327. The first-order valence-electron chi connectivity index (χ1n) is 12.0. The van der Waals surface area contributed by atoms with Gasteiger partial charge in [-0.2, -0.15) is 0 Å². The highest BCUT2D eigenvalue weighted by atomic mass is 16.5. The minimum Gasteiger partial charge on any atom is -0.497 e. The third-order valence-electron chi connectivity index (χ3n) is 6.88. The topological polar surface area (TPSA) is 42.0 Å². The lowest BCUT2D eigenvalue weighted by molar-refractivity contribution is -0.132. The second-order valence-electron chi connectivity index (χ2n) is 10.0. The molecule has 1 fully saturated rings. The average Bonchev–Trinajstić information content (AvgIpc) is 2.81. The number of amides is 1. The van der Waals surface area contributed by atoms with E-state index >= 15 is 0 Å². The van der Waals surface area contributed by atoms with Crippen LogP contribution in [-0.4, -0.2) is 50.8 Å². The van der Waals surface area contributed by atoms with E-state index in [0.29, 0.717) is 13.0 Å². The Kier molecular flexibility index (Phi) is 8.06. The predicted molar refractivity (Wildman–Crippen MR) is 135 cm³/mol. The number of carbonyl (C=O) groups excluding carboxylic acids is 1. The molecular formula is C28H40N2O3. The SMILES string of the molecule is CCC(=O)N(CCC1(c2ccc(OC)cc2)CCOC(C)(C)C1)Cc1ccc(N(C)C)cc1. The third-order valence-corrected chi connectivity index (χ3v) is 6.88. The smallest absolute Gasteiger partial charge is 0.222 e. The number of rotatable bonds is 9. The van der Waals surface area contributed by atoms with Gasteiger partial charge >= 0.3 is 0 Å². The quantitative estimate of drug-likeness (QED) is 0.510. The van der Waals surface area contributed by atoms with E-state index in [0.717, 1.165) is 49.4 Å². The van der Waals surface area contributed by atoms with Crippen molar-refractivity contribution in [3.05, 3.63) is 59.7 Å². The number of nitrogens with zero attached hydrogens (tertiary/aromatic N) is 2. The molecule has 1 atom stereocenters. The molecule has 0 N–H and O–H groups in total. The highest BCUT2D eigenvalue weighted by Gasteiger charge is 2.42. The number of carbonyl (C=O) groups is 1. The molecule has 180 valence electrons. The first-order valence-corrected chi connectivity index (χ1v) is 12.0. The highest BCUT2D eigenvalue weighted by molar-refractivity contribution is 5.75. The summed E-state index contributed by atoms with van der Waals surface area (Å²) >= 11 is 0. The highest BCUT2D eigenvalue weighted by Crippen LogP contribution is 2.44. The van der Waals surface area contributed by atoms with E-state index in [4.69, 9.17) is 9.47 Å². The average molecular weight is 453 g/mol. The van der Waals surface area contributed by atoms with Gasteiger partial charge in [0.2, 0.25) is 5.91 Å². The van der Waals surface area contributed by atoms with Gasteiger partial charge in [0, 0.05) is 51.3 Å². The van der Waals surface area contributed by atoms with Gasteiger partial charge in [-0.15, -0.1) is 0 Å². The molecule has 1 aliphatic heterocycles. The Balaban J connectivity index is 1.82. The van der Waals surface area contributed by atoms with Crippen LogP contribution in [-0.2, 0) is 21.5 Å². The maximum atomic E-state index is 12.9. The first kappa shape index (κ1) is 25.1. The van der Waals surface area contributed by atoms with Crippen LogP contribution in [0, 0.1) is 0 Å². The zero-order valence-corrected chi connectivity index (χ0v) is 21.2. The van der Waals surface area contributed by atoms with Crippen molar-refractivity contribution in [3.8, 4) is 5.75 Å². The molecule has 0 bridgehead atoms. The molecule has 0 saturated carbocycles. The van der Waals surface area contributed by atoms with E-state index in [1.54, 1.807) is 7.11 Å². The van der Waals surface area contributed by atoms with Crippen LogP contribution in [0.4, 0.5) is 5.69 Å². The van der Waals surface area contributed by atoms with E-state index < -0.39 is 0 Å². The Morgan fingerprint density at radius 1 is 1.06 bits per heavy atom. The monoisotopic (exact) mass is 452 g/mol. The molecule has 1 saturated heterocycles. The van der Waals surface area contributed by atoms with Gasteiger partial charge < -0.3 is 19.3 Å². The van der Waals surface area contributed by atoms with E-state index in [9.17, 15) is 4.79 Å². The molecule has 1 heterocycles. The summed E-state index contributed by atoms with van der Waals surface area (Å²) in [4.78, 5) is 17.0. The summed E-state index contributed by atoms with van der Waals surface area (Å²) in [5.74, 6) is 1.06. The van der Waals surface area contributed by atoms with Crippen molar-refractivity contribution in [1.82, 2.24) is 4.90 Å². The van der Waals surface area contributed by atoms with E-state index in [-0.39, 0.29) is 16.9 Å². The van der Waals surface area contributed by atoms with Crippen LogP contribution in [0.25, 0.3) is 0 Å². The second-order valence-corrected chi connectivity index (χ2v) is 10.0. The van der Waals surface area contributed by atoms with Crippen LogP contribution in [0.5, 0.6) is 5.75 Å². The lowest BCUT2D eigenvalue weighted by atomic mass is 9.67. The van der Waals surface area contributed by atoms with Crippen LogP contribution in [0.2, 0.25) is 0 Å². The Hall–Kier alpha value is -2.53. The van der Waals surface area contributed by atoms with E-state index in [1.807, 2.05) is 38.1 Å². The van der Waals surface area contributed by atoms with E-state index in [2.05, 4.69) is 55.1 Å².